The van der Waals surface area contributed by atoms with E-state index in [1.54, 1.807) is 55.6 Å². The number of nitrogens with one attached hydrogen (secondary N) is 1. The van der Waals surface area contributed by atoms with Crippen LogP contribution >= 0.6 is 11.6 Å². The molecule has 0 radical (unpaired) electrons. The van der Waals surface area contributed by atoms with Crippen LogP contribution in [-0.4, -0.2) is 47.4 Å². The van der Waals surface area contributed by atoms with E-state index in [4.69, 9.17) is 21.1 Å². The largest absolute Gasteiger partial charge is 0.497 e. The number of halogens is 1. The molecule has 7 nitrogen and oxygen atoms in total. The summed E-state index contributed by atoms with van der Waals surface area (Å²) in [7, 11) is -2.04. The molecule has 27 heavy (non-hydrogen) atoms. The number of carbonyl (C=O) groups is 1. The topological polar surface area (TPSA) is 84.9 Å². The quantitative estimate of drug-likeness (QED) is 0.639. The van der Waals surface area contributed by atoms with Crippen molar-refractivity contribution in [2.75, 3.05) is 37.4 Å². The Morgan fingerprint density at radius 1 is 1.07 bits per heavy atom. The van der Waals surface area contributed by atoms with Gasteiger partial charge in [-0.15, -0.1) is 0 Å². The van der Waals surface area contributed by atoms with Crippen molar-refractivity contribution in [3.05, 3.63) is 53.6 Å². The molecule has 0 spiro atoms. The summed E-state index contributed by atoms with van der Waals surface area (Å²) in [5.74, 6) is 0.927. The van der Waals surface area contributed by atoms with Crippen LogP contribution in [0.5, 0.6) is 11.5 Å². The Morgan fingerprint density at radius 3 is 2.22 bits per heavy atom. The number of sulfonamides is 1. The second-order valence-corrected chi connectivity index (χ2v) is 7.96. The standard InChI is InChI=1S/C18H21ClN2O5S/c1-25-16-7-9-17(10-8-16)26-12-11-20-18(22)13-21(27(2,23)24)15-5-3-14(19)4-6-15/h3-10H,11-13H2,1-2H3,(H,20,22). The summed E-state index contributed by atoms with van der Waals surface area (Å²) in [6.45, 7) is 0.157. The van der Waals surface area contributed by atoms with E-state index in [0.717, 1.165) is 16.3 Å². The van der Waals surface area contributed by atoms with Crippen LogP contribution in [0, 0.1) is 0 Å². The summed E-state index contributed by atoms with van der Waals surface area (Å²) >= 11 is 5.82. The van der Waals surface area contributed by atoms with Gasteiger partial charge in [0, 0.05) is 5.02 Å². The van der Waals surface area contributed by atoms with Gasteiger partial charge in [-0.25, -0.2) is 8.42 Å². The van der Waals surface area contributed by atoms with Crippen molar-refractivity contribution >= 4 is 33.2 Å². The van der Waals surface area contributed by atoms with E-state index in [1.807, 2.05) is 0 Å². The average molecular weight is 413 g/mol. The highest BCUT2D eigenvalue weighted by atomic mass is 35.5. The summed E-state index contributed by atoms with van der Waals surface area (Å²) < 4.78 is 35.6. The van der Waals surface area contributed by atoms with Crippen LogP contribution in [0.25, 0.3) is 0 Å². The van der Waals surface area contributed by atoms with Crippen molar-refractivity contribution in [3.63, 3.8) is 0 Å². The molecule has 1 N–H and O–H groups in total. The van der Waals surface area contributed by atoms with Gasteiger partial charge in [-0.3, -0.25) is 9.10 Å². The molecule has 2 aromatic rings. The van der Waals surface area contributed by atoms with Crippen LogP contribution in [0.3, 0.4) is 0 Å². The summed E-state index contributed by atoms with van der Waals surface area (Å²) in [4.78, 5) is 12.1. The lowest BCUT2D eigenvalue weighted by Gasteiger charge is -2.22. The number of methoxy groups -OCH3 is 1. The van der Waals surface area contributed by atoms with Crippen molar-refractivity contribution in [1.29, 1.82) is 0 Å². The fourth-order valence-electron chi connectivity index (χ4n) is 2.22. The molecule has 0 aliphatic rings. The zero-order valence-corrected chi connectivity index (χ0v) is 16.6. The molecule has 0 aliphatic heterocycles. The maximum Gasteiger partial charge on any atom is 0.240 e. The third-order valence-corrected chi connectivity index (χ3v) is 4.95. The van der Waals surface area contributed by atoms with E-state index in [-0.39, 0.29) is 19.7 Å². The second-order valence-electron chi connectivity index (χ2n) is 5.62. The van der Waals surface area contributed by atoms with E-state index in [2.05, 4.69) is 5.32 Å². The van der Waals surface area contributed by atoms with Gasteiger partial charge in [0.25, 0.3) is 0 Å². The van der Waals surface area contributed by atoms with Gasteiger partial charge in [-0.05, 0) is 48.5 Å². The Morgan fingerprint density at radius 2 is 1.67 bits per heavy atom. The van der Waals surface area contributed by atoms with Crippen LogP contribution in [0.15, 0.2) is 48.5 Å². The number of hydrogen-bond acceptors (Lipinski definition) is 5. The van der Waals surface area contributed by atoms with Crippen LogP contribution in [-0.2, 0) is 14.8 Å². The predicted molar refractivity (Wildman–Crippen MR) is 105 cm³/mol. The zero-order valence-electron chi connectivity index (χ0n) is 15.0. The molecule has 0 saturated heterocycles. The van der Waals surface area contributed by atoms with E-state index >= 15 is 0 Å². The normalized spacial score (nSPS) is 10.9. The first-order valence-corrected chi connectivity index (χ1v) is 10.3. The van der Waals surface area contributed by atoms with Gasteiger partial charge in [0.05, 0.1) is 25.6 Å². The molecular weight excluding hydrogens is 392 g/mol. The molecule has 9 heteroatoms. The fraction of sp³-hybridized carbons (Fsp3) is 0.278. The monoisotopic (exact) mass is 412 g/mol. The summed E-state index contributed by atoms with van der Waals surface area (Å²) in [6, 6.07) is 13.3. The Kier molecular flexibility index (Phi) is 7.32. The smallest absolute Gasteiger partial charge is 0.240 e. The SMILES string of the molecule is COc1ccc(OCCNC(=O)CN(c2ccc(Cl)cc2)S(C)(=O)=O)cc1. The first kappa shape index (κ1) is 20.9. The number of benzene rings is 2. The first-order valence-electron chi connectivity index (χ1n) is 8.06. The zero-order chi connectivity index (χ0) is 19.9. The van der Waals surface area contributed by atoms with Gasteiger partial charge in [0.1, 0.15) is 24.7 Å². The molecule has 0 heterocycles. The first-order chi connectivity index (χ1) is 12.8. The van der Waals surface area contributed by atoms with E-state index < -0.39 is 15.9 Å². The highest BCUT2D eigenvalue weighted by molar-refractivity contribution is 7.92. The number of carbonyl (C=O) groups excluding carboxylic acids is 1. The van der Waals surface area contributed by atoms with E-state index in [1.165, 1.54) is 0 Å². The number of amides is 1. The summed E-state index contributed by atoms with van der Waals surface area (Å²) in [5, 5.41) is 3.12. The lowest BCUT2D eigenvalue weighted by atomic mass is 10.3. The lowest BCUT2D eigenvalue weighted by Crippen LogP contribution is -2.41. The molecule has 1 amide bonds. The highest BCUT2D eigenvalue weighted by Gasteiger charge is 2.20. The third kappa shape index (κ3) is 6.65. The number of ether oxygens (including phenoxy) is 2. The third-order valence-electron chi connectivity index (χ3n) is 3.55. The van der Waals surface area contributed by atoms with Crippen LogP contribution in [0.1, 0.15) is 0 Å². The maximum atomic E-state index is 12.1. The van der Waals surface area contributed by atoms with E-state index in [9.17, 15) is 13.2 Å². The van der Waals surface area contributed by atoms with Crippen LogP contribution in [0.4, 0.5) is 5.69 Å². The second kappa shape index (κ2) is 9.48. The minimum atomic E-state index is -3.62. The highest BCUT2D eigenvalue weighted by Crippen LogP contribution is 2.20. The summed E-state index contributed by atoms with van der Waals surface area (Å²) in [6.07, 6.45) is 1.04. The molecule has 0 aromatic heterocycles. The van der Waals surface area contributed by atoms with Crippen molar-refractivity contribution in [2.45, 2.75) is 0 Å². The van der Waals surface area contributed by atoms with Crippen molar-refractivity contribution in [2.24, 2.45) is 0 Å². The predicted octanol–water partition coefficient (Wildman–Crippen LogP) is 2.31. The molecule has 0 bridgehead atoms. The minimum absolute atomic E-state index is 0.239. The van der Waals surface area contributed by atoms with Crippen molar-refractivity contribution in [1.82, 2.24) is 5.32 Å². The molecule has 146 valence electrons. The van der Waals surface area contributed by atoms with Gasteiger partial charge in [-0.1, -0.05) is 11.6 Å². The Hall–Kier alpha value is -2.45. The fourth-order valence-corrected chi connectivity index (χ4v) is 3.21. The molecule has 0 aliphatic carbocycles. The van der Waals surface area contributed by atoms with Gasteiger partial charge in [-0.2, -0.15) is 0 Å². The number of anilines is 1. The van der Waals surface area contributed by atoms with Gasteiger partial charge in [0.2, 0.25) is 15.9 Å². The van der Waals surface area contributed by atoms with Crippen molar-refractivity contribution < 1.29 is 22.7 Å². The molecule has 0 unspecified atom stereocenters. The minimum Gasteiger partial charge on any atom is -0.497 e. The molecule has 2 rings (SSSR count). The molecule has 0 fully saturated rings. The number of rotatable bonds is 9. The Balaban J connectivity index is 1.85. The van der Waals surface area contributed by atoms with Crippen LogP contribution < -0.4 is 19.1 Å². The number of hydrogen-bond donors (Lipinski definition) is 1. The molecule has 0 saturated carbocycles. The maximum absolute atomic E-state index is 12.1. The van der Waals surface area contributed by atoms with Gasteiger partial charge >= 0.3 is 0 Å². The van der Waals surface area contributed by atoms with Crippen molar-refractivity contribution in [3.8, 4) is 11.5 Å². The Bertz CT molecular complexity index is 854. The number of nitrogens with zero attached hydrogens (tertiary/aromatic N) is 1. The van der Waals surface area contributed by atoms with Crippen LogP contribution in [0.2, 0.25) is 5.02 Å². The average Bonchev–Trinajstić information content (AvgIpc) is 2.64. The lowest BCUT2D eigenvalue weighted by molar-refractivity contribution is -0.119. The molecular formula is C18H21ClN2O5S. The van der Waals surface area contributed by atoms with E-state index in [0.29, 0.717) is 16.5 Å². The molecule has 2 aromatic carbocycles. The van der Waals surface area contributed by atoms with Gasteiger partial charge < -0.3 is 14.8 Å². The van der Waals surface area contributed by atoms with Gasteiger partial charge in [0.15, 0.2) is 0 Å². The molecule has 0 atom stereocenters. The Labute approximate surface area is 163 Å². The summed E-state index contributed by atoms with van der Waals surface area (Å²) in [5.41, 5.74) is 0.367.